The number of ether oxygens (including phenoxy) is 3. The first-order valence-electron chi connectivity index (χ1n) is 17.1. The second-order valence-corrected chi connectivity index (χ2v) is 13.2. The number of nitrogens with zero attached hydrogens (tertiary/aromatic N) is 3. The molecule has 258 valence electrons. The number of halogens is 1. The van der Waals surface area contributed by atoms with Crippen LogP contribution in [0.5, 0.6) is 11.5 Å². The molecule has 3 heterocycles. The van der Waals surface area contributed by atoms with Gasteiger partial charge in [0.05, 0.1) is 24.4 Å². The van der Waals surface area contributed by atoms with Gasteiger partial charge in [0.25, 0.3) is 11.8 Å². The van der Waals surface area contributed by atoms with Crippen LogP contribution in [0.25, 0.3) is 0 Å². The van der Waals surface area contributed by atoms with Crippen LogP contribution in [0.3, 0.4) is 0 Å². The third-order valence-corrected chi connectivity index (χ3v) is 9.65. The van der Waals surface area contributed by atoms with Gasteiger partial charge in [0.15, 0.2) is 11.5 Å². The predicted molar refractivity (Wildman–Crippen MR) is 185 cm³/mol. The molecule has 1 saturated heterocycles. The number of carbonyl (C=O) groups excluding carboxylic acids is 3. The van der Waals surface area contributed by atoms with Gasteiger partial charge in [-0.15, -0.1) is 0 Å². The molecular formula is C40H40FN3O6. The average molecular weight is 678 g/mol. The smallest absolute Gasteiger partial charge is 0.254 e. The second-order valence-electron chi connectivity index (χ2n) is 13.2. The predicted octanol–water partition coefficient (Wildman–Crippen LogP) is 6.63. The molecule has 0 bridgehead atoms. The van der Waals surface area contributed by atoms with E-state index in [1.165, 1.54) is 24.3 Å². The molecule has 0 N–H and O–H groups in total. The first-order valence-corrected chi connectivity index (χ1v) is 17.1. The Bertz CT molecular complexity index is 1850. The standard InChI is InChI=1S/C40H40FN3O6/c1-26(2)36-40(47)44-32-22-35-34(49-25-50-35)21-31(32)37(43(23-27-11-5-3-6-12-27)39(46)28-13-7-4-8-14-28)33(44)24-48-20-10-9-19-42(36)38(45)29-15-17-30(41)18-16-29/h3-8,11-18,21-22,26,33,36-37H,9-10,19-20,23-25H2,1-2H3/t33-,36?,37+/m1/s1. The quantitative estimate of drug-likeness (QED) is 0.228. The highest BCUT2D eigenvalue weighted by molar-refractivity contribution is 6.05. The van der Waals surface area contributed by atoms with Crippen molar-refractivity contribution >= 4 is 23.4 Å². The Morgan fingerprint density at radius 1 is 0.880 bits per heavy atom. The van der Waals surface area contributed by atoms with Crippen LogP contribution < -0.4 is 14.4 Å². The van der Waals surface area contributed by atoms with E-state index in [0.717, 1.165) is 11.1 Å². The highest BCUT2D eigenvalue weighted by Crippen LogP contribution is 2.50. The molecule has 1 fully saturated rings. The van der Waals surface area contributed by atoms with E-state index >= 15 is 4.79 Å². The lowest BCUT2D eigenvalue weighted by Gasteiger charge is -2.39. The van der Waals surface area contributed by atoms with Gasteiger partial charge in [-0.3, -0.25) is 14.4 Å². The molecule has 4 aromatic carbocycles. The molecule has 0 aromatic heterocycles. The molecule has 0 radical (unpaired) electrons. The van der Waals surface area contributed by atoms with Gasteiger partial charge in [-0.1, -0.05) is 62.4 Å². The normalized spacial score (nSPS) is 20.2. The Hall–Kier alpha value is -5.22. The largest absolute Gasteiger partial charge is 0.454 e. The summed E-state index contributed by atoms with van der Waals surface area (Å²) in [7, 11) is 0. The van der Waals surface area contributed by atoms with Gasteiger partial charge in [0.1, 0.15) is 11.9 Å². The zero-order chi connectivity index (χ0) is 34.8. The molecule has 3 aliphatic heterocycles. The molecule has 3 atom stereocenters. The van der Waals surface area contributed by atoms with Gasteiger partial charge in [0, 0.05) is 42.5 Å². The molecule has 1 unspecified atom stereocenters. The number of rotatable bonds is 6. The minimum Gasteiger partial charge on any atom is -0.454 e. The summed E-state index contributed by atoms with van der Waals surface area (Å²) >= 11 is 0. The third kappa shape index (κ3) is 6.43. The molecule has 9 nitrogen and oxygen atoms in total. The van der Waals surface area contributed by atoms with Crippen molar-refractivity contribution in [2.24, 2.45) is 5.92 Å². The van der Waals surface area contributed by atoms with Gasteiger partial charge in [-0.2, -0.15) is 0 Å². The molecule has 3 amide bonds. The summed E-state index contributed by atoms with van der Waals surface area (Å²) in [6.45, 7) is 5.03. The van der Waals surface area contributed by atoms with Gasteiger partial charge in [-0.05, 0) is 66.8 Å². The summed E-state index contributed by atoms with van der Waals surface area (Å²) in [6, 6.07) is 25.8. The average Bonchev–Trinajstić information content (AvgIpc) is 3.71. The molecule has 4 aromatic rings. The third-order valence-electron chi connectivity index (χ3n) is 9.65. The molecule has 7 rings (SSSR count). The molecule has 0 saturated carbocycles. The van der Waals surface area contributed by atoms with Crippen LogP contribution in [0.1, 0.15) is 64.6 Å². The summed E-state index contributed by atoms with van der Waals surface area (Å²) in [5.41, 5.74) is 3.06. The van der Waals surface area contributed by atoms with Crippen molar-refractivity contribution in [2.75, 3.05) is 31.5 Å². The maximum atomic E-state index is 15.3. The topological polar surface area (TPSA) is 88.6 Å². The number of hydrogen-bond donors (Lipinski definition) is 0. The van der Waals surface area contributed by atoms with Crippen LogP contribution in [0, 0.1) is 11.7 Å². The van der Waals surface area contributed by atoms with E-state index in [4.69, 9.17) is 14.2 Å². The van der Waals surface area contributed by atoms with Gasteiger partial charge in [0.2, 0.25) is 12.7 Å². The molecule has 0 aliphatic carbocycles. The molecule has 50 heavy (non-hydrogen) atoms. The second kappa shape index (κ2) is 14.3. The Morgan fingerprint density at radius 3 is 2.26 bits per heavy atom. The number of anilines is 1. The zero-order valence-electron chi connectivity index (χ0n) is 28.2. The lowest BCUT2D eigenvalue weighted by Crippen LogP contribution is -2.57. The summed E-state index contributed by atoms with van der Waals surface area (Å²) < 4.78 is 31.8. The van der Waals surface area contributed by atoms with Crippen LogP contribution in [0.15, 0.2) is 97.1 Å². The SMILES string of the molecule is CC(C)C1C(=O)N2c3cc4c(cc3[C@H](N(Cc3ccccc3)C(=O)c3ccccc3)[C@H]2COCCCCN1C(=O)c1ccc(F)cc1)OCO4. The van der Waals surface area contributed by atoms with Crippen LogP contribution in [0.2, 0.25) is 0 Å². The Morgan fingerprint density at radius 2 is 1.56 bits per heavy atom. The Balaban J connectivity index is 1.38. The molecule has 0 spiro atoms. The minimum absolute atomic E-state index is 0.0363. The minimum atomic E-state index is -0.863. The van der Waals surface area contributed by atoms with Crippen LogP contribution >= 0.6 is 0 Å². The van der Waals surface area contributed by atoms with Crippen LogP contribution in [-0.2, 0) is 16.1 Å². The fourth-order valence-electron chi connectivity index (χ4n) is 7.30. The highest BCUT2D eigenvalue weighted by atomic mass is 19.1. The summed E-state index contributed by atoms with van der Waals surface area (Å²) in [5.74, 6) is -0.531. The van der Waals surface area contributed by atoms with E-state index in [9.17, 15) is 14.0 Å². The van der Waals surface area contributed by atoms with E-state index in [1.807, 2.05) is 73.3 Å². The zero-order valence-corrected chi connectivity index (χ0v) is 28.2. The lowest BCUT2D eigenvalue weighted by atomic mass is 9.97. The fraction of sp³-hybridized carbons (Fsp3) is 0.325. The first-order chi connectivity index (χ1) is 24.3. The number of carbonyl (C=O) groups is 3. The van der Waals surface area contributed by atoms with Crippen molar-refractivity contribution < 1.29 is 33.0 Å². The van der Waals surface area contributed by atoms with E-state index < -0.39 is 23.9 Å². The van der Waals surface area contributed by atoms with E-state index in [0.29, 0.717) is 54.3 Å². The Labute approximate surface area is 291 Å². The van der Waals surface area contributed by atoms with Crippen molar-refractivity contribution in [1.29, 1.82) is 0 Å². The van der Waals surface area contributed by atoms with Crippen molar-refractivity contribution in [1.82, 2.24) is 9.80 Å². The van der Waals surface area contributed by atoms with Gasteiger partial charge < -0.3 is 28.9 Å². The maximum Gasteiger partial charge on any atom is 0.254 e. The lowest BCUT2D eigenvalue weighted by molar-refractivity contribution is -0.125. The molecule has 3 aliphatic rings. The summed E-state index contributed by atoms with van der Waals surface area (Å²) in [5, 5.41) is 0. The summed E-state index contributed by atoms with van der Waals surface area (Å²) in [6.07, 6.45) is 1.27. The first kappa shape index (κ1) is 33.3. The van der Waals surface area contributed by atoms with Crippen molar-refractivity contribution in [3.8, 4) is 11.5 Å². The summed E-state index contributed by atoms with van der Waals surface area (Å²) in [4.78, 5) is 49.2. The monoisotopic (exact) mass is 677 g/mol. The fourth-order valence-corrected chi connectivity index (χ4v) is 7.30. The van der Waals surface area contributed by atoms with Crippen LogP contribution in [0.4, 0.5) is 10.1 Å². The number of fused-ring (bicyclic) bond motifs is 4. The van der Waals surface area contributed by atoms with Gasteiger partial charge in [-0.25, -0.2) is 4.39 Å². The molecular weight excluding hydrogens is 637 g/mol. The van der Waals surface area contributed by atoms with Crippen LogP contribution in [-0.4, -0.2) is 66.2 Å². The van der Waals surface area contributed by atoms with E-state index in [-0.39, 0.29) is 43.6 Å². The van der Waals surface area contributed by atoms with Crippen molar-refractivity contribution in [3.05, 3.63) is 125 Å². The molecule has 10 heteroatoms. The van der Waals surface area contributed by atoms with Crippen molar-refractivity contribution in [3.63, 3.8) is 0 Å². The van der Waals surface area contributed by atoms with E-state index in [1.54, 1.807) is 28.0 Å². The highest BCUT2D eigenvalue weighted by Gasteiger charge is 2.50. The Kier molecular flexibility index (Phi) is 9.54. The van der Waals surface area contributed by atoms with Crippen molar-refractivity contribution in [2.45, 2.75) is 51.4 Å². The van der Waals surface area contributed by atoms with E-state index in [2.05, 4.69) is 0 Å². The number of hydrogen-bond acceptors (Lipinski definition) is 6. The number of benzene rings is 4. The maximum absolute atomic E-state index is 15.3. The number of amides is 3. The van der Waals surface area contributed by atoms with Gasteiger partial charge >= 0.3 is 0 Å².